The molecule has 1 N–H and O–H groups in total. The summed E-state index contributed by atoms with van der Waals surface area (Å²) in [5, 5.41) is 11.6. The number of hydrogen-bond donors (Lipinski definition) is 1. The number of nitrogens with zero attached hydrogens (tertiary/aromatic N) is 3. The van der Waals surface area contributed by atoms with Gasteiger partial charge in [0.15, 0.2) is 11.4 Å². The lowest BCUT2D eigenvalue weighted by atomic mass is 9.82. The number of rotatable bonds is 8. The fraction of sp³-hybridized carbons (Fsp3) is 0.375. The molecule has 2 amide bonds. The van der Waals surface area contributed by atoms with E-state index in [-0.39, 0.29) is 53.7 Å². The van der Waals surface area contributed by atoms with Gasteiger partial charge in [-0.1, -0.05) is 61.6 Å². The van der Waals surface area contributed by atoms with Crippen LogP contribution in [0.1, 0.15) is 30.0 Å². The Kier molecular flexibility index (Phi) is 8.93. The van der Waals surface area contributed by atoms with Crippen molar-refractivity contribution in [1.29, 1.82) is 0 Å². The van der Waals surface area contributed by atoms with Crippen molar-refractivity contribution in [2.24, 2.45) is 5.92 Å². The van der Waals surface area contributed by atoms with Gasteiger partial charge in [-0.3, -0.25) is 19.0 Å². The van der Waals surface area contributed by atoms with Crippen LogP contribution in [-0.2, 0) is 32.9 Å². The van der Waals surface area contributed by atoms with E-state index < -0.39 is 19.8 Å². The van der Waals surface area contributed by atoms with Crippen LogP contribution in [0.3, 0.4) is 0 Å². The Hall–Kier alpha value is -4.71. The quantitative estimate of drug-likeness (QED) is 0.271. The van der Waals surface area contributed by atoms with Gasteiger partial charge in [0.2, 0.25) is 5.91 Å². The van der Waals surface area contributed by atoms with Gasteiger partial charge in [0.25, 0.3) is 11.5 Å². The number of benzene rings is 3. The third-order valence-electron chi connectivity index (χ3n) is 11.6. The van der Waals surface area contributed by atoms with Crippen molar-refractivity contribution in [1.82, 2.24) is 9.47 Å². The second-order valence-corrected chi connectivity index (χ2v) is 19.2. The Morgan fingerprint density at radius 3 is 2.39 bits per heavy atom. The number of pyridine rings is 1. The number of methoxy groups -OCH3 is 2. The van der Waals surface area contributed by atoms with E-state index in [1.54, 1.807) is 42.3 Å². The lowest BCUT2D eigenvalue weighted by Crippen LogP contribution is -2.52. The molecule has 1 saturated heterocycles. The molecule has 0 saturated carbocycles. The standard InChI is InChI=1S/C40H45N3O7Si/c1-25-37(51(5,6)31-16-14-30(48-3)15-17-31)35(22-36(45)43-23-27-11-8-7-10-26(27)20-29(43)24-44)50-40(25)32-21-28(13-18-33(32)41(2)39(40)47)42-19-9-12-34(49-4)38(42)46/h7-19,21,25,29,35,37,44H,20,22-24H2,1-6H3/t25-,29+,35+,37-,40+/m1/s1. The van der Waals surface area contributed by atoms with Gasteiger partial charge in [-0.25, -0.2) is 0 Å². The predicted molar refractivity (Wildman–Crippen MR) is 198 cm³/mol. The molecule has 4 heterocycles. The molecule has 5 atom stereocenters. The van der Waals surface area contributed by atoms with E-state index in [4.69, 9.17) is 14.2 Å². The SMILES string of the molecule is COc1ccc([Si](C)(C)[C@H]2[C@H](CC(=O)N3Cc4ccccc4C[C@H]3CO)O[C@@]3(C(=O)N(C)c4ccc(-n5cccc(OC)c5=O)cc43)[C@@H]2C)cc1. The molecule has 11 heteroatoms. The first-order valence-electron chi connectivity index (χ1n) is 17.4. The maximum absolute atomic E-state index is 14.7. The fourth-order valence-corrected chi connectivity index (χ4v) is 12.9. The molecule has 1 spiro atoms. The average molecular weight is 708 g/mol. The molecule has 4 aromatic rings. The van der Waals surface area contributed by atoms with Crippen LogP contribution in [0.25, 0.3) is 5.69 Å². The highest BCUT2D eigenvalue weighted by atomic mass is 28.3. The molecule has 1 fully saturated rings. The fourth-order valence-electron chi connectivity index (χ4n) is 8.92. The molecule has 266 valence electrons. The third kappa shape index (κ3) is 5.49. The Bertz CT molecular complexity index is 2050. The minimum atomic E-state index is -2.52. The molecule has 0 aliphatic carbocycles. The summed E-state index contributed by atoms with van der Waals surface area (Å²) in [6.45, 7) is 6.89. The summed E-state index contributed by atoms with van der Waals surface area (Å²) in [6.07, 6.45) is 1.71. The molecule has 3 aliphatic heterocycles. The molecule has 0 bridgehead atoms. The number of fused-ring (bicyclic) bond motifs is 3. The van der Waals surface area contributed by atoms with Crippen LogP contribution < -0.4 is 25.1 Å². The van der Waals surface area contributed by atoms with Crippen LogP contribution in [-0.4, -0.2) is 74.5 Å². The number of aromatic nitrogens is 1. The third-order valence-corrected chi connectivity index (χ3v) is 16.0. The smallest absolute Gasteiger partial charge is 0.297 e. The molecule has 3 aromatic carbocycles. The summed E-state index contributed by atoms with van der Waals surface area (Å²) in [5.41, 5.74) is 2.30. The zero-order valence-corrected chi connectivity index (χ0v) is 31.0. The highest BCUT2D eigenvalue weighted by Gasteiger charge is 2.66. The maximum atomic E-state index is 14.7. The van der Waals surface area contributed by atoms with Crippen molar-refractivity contribution in [3.8, 4) is 17.2 Å². The van der Waals surface area contributed by atoms with E-state index in [1.807, 2.05) is 48.5 Å². The number of likely N-dealkylation sites (N-methyl/N-ethyl adjacent to an activating group) is 1. The van der Waals surface area contributed by atoms with Crippen molar-refractivity contribution in [3.63, 3.8) is 0 Å². The molecule has 51 heavy (non-hydrogen) atoms. The molecule has 7 rings (SSSR count). The number of anilines is 1. The van der Waals surface area contributed by atoms with Gasteiger partial charge in [-0.05, 0) is 65.6 Å². The molecular weight excluding hydrogens is 663 g/mol. The lowest BCUT2D eigenvalue weighted by Gasteiger charge is -2.39. The van der Waals surface area contributed by atoms with Crippen molar-refractivity contribution >= 4 is 30.8 Å². The minimum absolute atomic E-state index is 0.0589. The number of aliphatic hydroxyl groups is 1. The van der Waals surface area contributed by atoms with E-state index in [0.29, 0.717) is 29.9 Å². The van der Waals surface area contributed by atoms with Crippen molar-refractivity contribution in [3.05, 3.63) is 112 Å². The first-order chi connectivity index (χ1) is 24.5. The maximum Gasteiger partial charge on any atom is 0.297 e. The second kappa shape index (κ2) is 13.1. The van der Waals surface area contributed by atoms with Crippen molar-refractivity contribution < 1.29 is 28.9 Å². The van der Waals surface area contributed by atoms with Crippen LogP contribution in [0.2, 0.25) is 18.6 Å². The number of ether oxygens (including phenoxy) is 3. The van der Waals surface area contributed by atoms with Gasteiger partial charge in [-0.2, -0.15) is 0 Å². The Labute approximate surface area is 299 Å². The van der Waals surface area contributed by atoms with E-state index in [1.165, 1.54) is 11.7 Å². The van der Waals surface area contributed by atoms with E-state index in [0.717, 1.165) is 22.1 Å². The number of carbonyl (C=O) groups excluding carboxylic acids is 2. The summed E-state index contributed by atoms with van der Waals surface area (Å²) in [5.74, 6) is 0.324. The van der Waals surface area contributed by atoms with Gasteiger partial charge < -0.3 is 29.1 Å². The monoisotopic (exact) mass is 707 g/mol. The number of amides is 2. The molecule has 1 aromatic heterocycles. The highest BCUT2D eigenvalue weighted by Crippen LogP contribution is 2.60. The first kappa shape index (κ1) is 34.7. The molecule has 0 radical (unpaired) electrons. The molecule has 10 nitrogen and oxygen atoms in total. The largest absolute Gasteiger partial charge is 0.497 e. The summed E-state index contributed by atoms with van der Waals surface area (Å²) >= 11 is 0. The van der Waals surface area contributed by atoms with Gasteiger partial charge in [0, 0.05) is 37.0 Å². The summed E-state index contributed by atoms with van der Waals surface area (Å²) < 4.78 is 19.4. The van der Waals surface area contributed by atoms with Crippen LogP contribution >= 0.6 is 0 Å². The van der Waals surface area contributed by atoms with Crippen LogP contribution in [0.5, 0.6) is 11.5 Å². The predicted octanol–water partition coefficient (Wildman–Crippen LogP) is 4.38. The normalized spacial score (nSPS) is 24.1. The van der Waals surface area contributed by atoms with Gasteiger partial charge in [0.1, 0.15) is 5.75 Å². The average Bonchev–Trinajstić information content (AvgIpc) is 3.56. The topological polar surface area (TPSA) is 111 Å². The van der Waals surface area contributed by atoms with E-state index >= 15 is 0 Å². The minimum Gasteiger partial charge on any atom is -0.497 e. The lowest BCUT2D eigenvalue weighted by molar-refractivity contribution is -0.150. The summed E-state index contributed by atoms with van der Waals surface area (Å²) in [6, 6.07) is 24.7. The zero-order chi connectivity index (χ0) is 36.2. The van der Waals surface area contributed by atoms with Crippen LogP contribution in [0.15, 0.2) is 89.9 Å². The Balaban J connectivity index is 1.33. The van der Waals surface area contributed by atoms with E-state index in [2.05, 4.69) is 38.2 Å². The van der Waals surface area contributed by atoms with E-state index in [9.17, 15) is 19.5 Å². The Morgan fingerprint density at radius 1 is 0.980 bits per heavy atom. The Morgan fingerprint density at radius 2 is 1.71 bits per heavy atom. The zero-order valence-electron chi connectivity index (χ0n) is 30.0. The highest BCUT2D eigenvalue weighted by molar-refractivity contribution is 6.91. The molecular formula is C40H45N3O7Si. The summed E-state index contributed by atoms with van der Waals surface area (Å²) in [7, 11) is 2.34. The van der Waals surface area contributed by atoms with Gasteiger partial charge in [0.05, 0.1) is 53.2 Å². The van der Waals surface area contributed by atoms with Gasteiger partial charge >= 0.3 is 0 Å². The number of aliphatic hydroxyl groups excluding tert-OH is 1. The van der Waals surface area contributed by atoms with Crippen LogP contribution in [0, 0.1) is 5.92 Å². The molecule has 0 unspecified atom stereocenters. The van der Waals surface area contributed by atoms with Crippen LogP contribution in [0.4, 0.5) is 5.69 Å². The van der Waals surface area contributed by atoms with Crippen molar-refractivity contribution in [2.75, 3.05) is 32.8 Å². The number of hydrogen-bond acceptors (Lipinski definition) is 7. The first-order valence-corrected chi connectivity index (χ1v) is 20.5. The summed E-state index contributed by atoms with van der Waals surface area (Å²) in [4.78, 5) is 45.8. The molecule has 3 aliphatic rings. The second-order valence-electron chi connectivity index (χ2n) is 14.5. The van der Waals surface area contributed by atoms with Gasteiger partial charge in [-0.15, -0.1) is 0 Å². The van der Waals surface area contributed by atoms with Crippen molar-refractivity contribution in [2.45, 2.75) is 62.7 Å². The number of carbonyl (C=O) groups is 2.